The fraction of sp³-hybridized carbons (Fsp3) is 0.207. The third kappa shape index (κ3) is 3.38. The molecule has 1 spiro atoms. The van der Waals surface area contributed by atoms with Crippen LogP contribution in [0.1, 0.15) is 11.1 Å². The molecule has 3 heterocycles. The molecule has 2 aromatic rings. The summed E-state index contributed by atoms with van der Waals surface area (Å²) in [5.74, 6) is -2.66. The summed E-state index contributed by atoms with van der Waals surface area (Å²) in [4.78, 5) is 44.7. The predicted molar refractivity (Wildman–Crippen MR) is 142 cm³/mol. The maximum absolute atomic E-state index is 14.9. The Labute approximate surface area is 232 Å². The van der Waals surface area contributed by atoms with Gasteiger partial charge in [0.25, 0.3) is 0 Å². The topological polar surface area (TPSA) is 124 Å². The van der Waals surface area contributed by atoms with Gasteiger partial charge in [0.2, 0.25) is 5.91 Å². The second-order valence-corrected chi connectivity index (χ2v) is 10.0. The smallest absolute Gasteiger partial charge is 0.355 e. The molecule has 0 N–H and O–H groups in total. The van der Waals surface area contributed by atoms with Crippen molar-refractivity contribution in [3.63, 3.8) is 0 Å². The molecule has 3 aliphatic rings. The minimum atomic E-state index is -2.22. The molecule has 0 aromatic heterocycles. The third-order valence-electron chi connectivity index (χ3n) is 7.37. The van der Waals surface area contributed by atoms with Gasteiger partial charge < -0.3 is 19.3 Å². The summed E-state index contributed by atoms with van der Waals surface area (Å²) < 4.78 is 10.7. The van der Waals surface area contributed by atoms with E-state index in [1.165, 1.54) is 16.0 Å². The molecule has 0 bridgehead atoms. The zero-order chi connectivity index (χ0) is 27.9. The first-order chi connectivity index (χ1) is 18.8. The molecule has 0 saturated heterocycles. The highest BCUT2D eigenvalue weighted by atomic mass is 79.9. The van der Waals surface area contributed by atoms with Crippen molar-refractivity contribution in [2.24, 2.45) is 5.41 Å². The number of esters is 2. The summed E-state index contributed by atoms with van der Waals surface area (Å²) >= 11 is 3.36. The van der Waals surface area contributed by atoms with E-state index in [1.807, 2.05) is 30.3 Å². The Hall–Kier alpha value is -4.67. The van der Waals surface area contributed by atoms with E-state index in [1.54, 1.807) is 36.4 Å². The van der Waals surface area contributed by atoms with Gasteiger partial charge in [-0.25, -0.2) is 9.59 Å². The lowest BCUT2D eigenvalue weighted by atomic mass is 9.52. The van der Waals surface area contributed by atoms with Gasteiger partial charge in [0, 0.05) is 16.4 Å². The minimum Gasteiger partial charge on any atom is -0.466 e. The number of carbonyl (C=O) groups is 3. The van der Waals surface area contributed by atoms with Gasteiger partial charge in [0.05, 0.1) is 44.5 Å². The van der Waals surface area contributed by atoms with Crippen LogP contribution in [0.4, 0.5) is 5.69 Å². The molecule has 39 heavy (non-hydrogen) atoms. The number of hydrogen-bond donors (Lipinski definition) is 0. The van der Waals surface area contributed by atoms with Crippen LogP contribution >= 0.6 is 15.9 Å². The van der Waals surface area contributed by atoms with E-state index in [0.29, 0.717) is 10.2 Å². The van der Waals surface area contributed by atoms with Crippen molar-refractivity contribution in [1.82, 2.24) is 4.90 Å². The Morgan fingerprint density at radius 2 is 1.64 bits per heavy atom. The number of allylic oxidation sites excluding steroid dienone is 2. The number of amides is 1. The van der Waals surface area contributed by atoms with Crippen molar-refractivity contribution in [2.75, 3.05) is 19.1 Å². The number of hydrogen-bond acceptors (Lipinski definition) is 8. The molecule has 0 fully saturated rings. The normalized spacial score (nSPS) is 22.4. The number of methoxy groups -OCH3 is 2. The number of anilines is 1. The van der Waals surface area contributed by atoms with Gasteiger partial charge in [-0.1, -0.05) is 54.6 Å². The quantitative estimate of drug-likeness (QED) is 0.499. The molecule has 2 aromatic carbocycles. The molecule has 194 valence electrons. The van der Waals surface area contributed by atoms with Crippen LogP contribution in [-0.2, 0) is 35.8 Å². The molecule has 0 unspecified atom stereocenters. The molecule has 5 rings (SSSR count). The Kier molecular flexibility index (Phi) is 6.37. The highest BCUT2D eigenvalue weighted by molar-refractivity contribution is 9.11. The van der Waals surface area contributed by atoms with Crippen LogP contribution in [0, 0.1) is 28.1 Å². The van der Waals surface area contributed by atoms with Crippen LogP contribution in [0.3, 0.4) is 0 Å². The van der Waals surface area contributed by atoms with E-state index in [4.69, 9.17) is 9.47 Å². The lowest BCUT2D eigenvalue weighted by Crippen LogP contribution is -2.66. The van der Waals surface area contributed by atoms with E-state index in [-0.39, 0.29) is 17.8 Å². The van der Waals surface area contributed by atoms with E-state index >= 15 is 0 Å². The van der Waals surface area contributed by atoms with Crippen LogP contribution in [0.25, 0.3) is 0 Å². The fourth-order valence-electron chi connectivity index (χ4n) is 5.79. The van der Waals surface area contributed by atoms with Crippen molar-refractivity contribution in [3.05, 3.63) is 99.8 Å². The summed E-state index contributed by atoms with van der Waals surface area (Å²) in [5.41, 5.74) is -3.70. The second kappa shape index (κ2) is 9.57. The number of nitriles is 2. The first-order valence-corrected chi connectivity index (χ1v) is 12.6. The first-order valence-electron chi connectivity index (χ1n) is 11.9. The highest BCUT2D eigenvalue weighted by Crippen LogP contribution is 2.62. The number of benzene rings is 2. The van der Waals surface area contributed by atoms with Gasteiger partial charge in [0.15, 0.2) is 5.41 Å². The van der Waals surface area contributed by atoms with E-state index in [0.717, 1.165) is 19.8 Å². The number of para-hydroxylation sites is 1. The minimum absolute atomic E-state index is 0.100. The average Bonchev–Trinajstić information content (AvgIpc) is 3.21. The molecule has 3 aliphatic heterocycles. The molecular weight excluding hydrogens is 564 g/mol. The van der Waals surface area contributed by atoms with E-state index in [2.05, 4.69) is 28.1 Å². The molecule has 0 aliphatic carbocycles. The molecular formula is C29H21BrN4O5. The number of fused-ring (bicyclic) bond motifs is 3. The predicted octanol–water partition coefficient (Wildman–Crippen LogP) is 3.60. The SMILES string of the molecule is COC(=O)C1=C(C(=O)OC)[C@]2(C(=O)N(Cc3ccccc3)c3ccccc32)C(C#N)(C#N)[C@H]2C=CC(Br)=CN12. The van der Waals surface area contributed by atoms with Crippen molar-refractivity contribution >= 4 is 39.5 Å². The molecule has 1 amide bonds. The Morgan fingerprint density at radius 1 is 1.00 bits per heavy atom. The van der Waals surface area contributed by atoms with Gasteiger partial charge in [-0.2, -0.15) is 10.5 Å². The summed E-state index contributed by atoms with van der Waals surface area (Å²) in [6.45, 7) is 0.100. The largest absolute Gasteiger partial charge is 0.466 e. The fourth-order valence-corrected chi connectivity index (χ4v) is 6.17. The number of nitrogens with zero attached hydrogens (tertiary/aromatic N) is 4. The van der Waals surface area contributed by atoms with Crippen molar-refractivity contribution < 1.29 is 23.9 Å². The standard InChI is InChI=1S/C29H21BrN4O5/c1-38-25(35)23-24(26(36)39-2)34-15-19(30)12-13-22(34)28(16-31,17-32)29(23)20-10-6-7-11-21(20)33(27(29)37)14-18-8-4-3-5-9-18/h3-13,15,22H,14H2,1-2H3/t22-,29-/m1/s1. The van der Waals surface area contributed by atoms with Gasteiger partial charge in [0.1, 0.15) is 11.1 Å². The van der Waals surface area contributed by atoms with Crippen LogP contribution < -0.4 is 4.90 Å². The monoisotopic (exact) mass is 584 g/mol. The Bertz CT molecular complexity index is 1570. The average molecular weight is 585 g/mol. The number of rotatable bonds is 4. The molecule has 9 nitrogen and oxygen atoms in total. The van der Waals surface area contributed by atoms with E-state index in [9.17, 15) is 24.9 Å². The van der Waals surface area contributed by atoms with Crippen molar-refractivity contribution in [1.29, 1.82) is 10.5 Å². The maximum Gasteiger partial charge on any atom is 0.355 e. The lowest BCUT2D eigenvalue weighted by Gasteiger charge is -2.51. The summed E-state index contributed by atoms with van der Waals surface area (Å²) in [7, 11) is 2.26. The molecule has 0 radical (unpaired) electrons. The van der Waals surface area contributed by atoms with Crippen LogP contribution in [0.15, 0.2) is 88.7 Å². The van der Waals surface area contributed by atoms with Crippen LogP contribution in [-0.4, -0.2) is 43.0 Å². The van der Waals surface area contributed by atoms with Crippen LogP contribution in [0.5, 0.6) is 0 Å². The summed E-state index contributed by atoms with van der Waals surface area (Å²) in [5, 5.41) is 21.6. The Balaban J connectivity index is 1.95. The van der Waals surface area contributed by atoms with Gasteiger partial charge in [-0.05, 0) is 39.2 Å². The zero-order valence-corrected chi connectivity index (χ0v) is 22.5. The third-order valence-corrected chi connectivity index (χ3v) is 7.84. The molecule has 0 saturated carbocycles. The van der Waals surface area contributed by atoms with Crippen LogP contribution in [0.2, 0.25) is 0 Å². The number of halogens is 1. The maximum atomic E-state index is 14.9. The second-order valence-electron chi connectivity index (χ2n) is 9.11. The van der Waals surface area contributed by atoms with Gasteiger partial charge in [-0.3, -0.25) is 4.79 Å². The van der Waals surface area contributed by atoms with Gasteiger partial charge >= 0.3 is 11.9 Å². The van der Waals surface area contributed by atoms with Crippen molar-refractivity contribution in [3.8, 4) is 12.1 Å². The number of carbonyl (C=O) groups excluding carboxylic acids is 3. The lowest BCUT2D eigenvalue weighted by molar-refractivity contribution is -0.144. The van der Waals surface area contributed by atoms with Gasteiger partial charge in [-0.15, -0.1) is 0 Å². The Morgan fingerprint density at radius 3 is 2.28 bits per heavy atom. The zero-order valence-electron chi connectivity index (χ0n) is 20.9. The summed E-state index contributed by atoms with van der Waals surface area (Å²) in [6.07, 6.45) is 4.66. The molecule has 2 atom stereocenters. The first kappa shape index (κ1) is 26.0. The highest BCUT2D eigenvalue weighted by Gasteiger charge is 2.74. The summed E-state index contributed by atoms with van der Waals surface area (Å²) in [6, 6.07) is 19.0. The van der Waals surface area contributed by atoms with Crippen molar-refractivity contribution in [2.45, 2.75) is 18.0 Å². The number of ether oxygens (including phenoxy) is 2. The van der Waals surface area contributed by atoms with E-state index < -0.39 is 40.3 Å². The molecule has 10 heteroatoms.